The van der Waals surface area contributed by atoms with Gasteiger partial charge in [-0.1, -0.05) is 11.6 Å². The van der Waals surface area contributed by atoms with Gasteiger partial charge in [-0.05, 0) is 32.9 Å². The number of aliphatic hydroxyl groups excluding tert-OH is 2. The minimum Gasteiger partial charge on any atom is -0.394 e. The van der Waals surface area contributed by atoms with Crippen LogP contribution in [-0.4, -0.2) is 66.7 Å². The molecule has 1 aliphatic heterocycles. The van der Waals surface area contributed by atoms with Gasteiger partial charge < -0.3 is 35.7 Å². The third-order valence-corrected chi connectivity index (χ3v) is 6.81. The number of nitrogens with zero attached hydrogens (tertiary/aromatic N) is 3. The summed E-state index contributed by atoms with van der Waals surface area (Å²) in [5, 5.41) is 34.3. The van der Waals surface area contributed by atoms with Gasteiger partial charge in [-0.3, -0.25) is 4.79 Å². The number of fused-ring (bicyclic) bond motifs is 1. The number of anilines is 1. The van der Waals surface area contributed by atoms with Crippen LogP contribution < -0.4 is 11.1 Å². The van der Waals surface area contributed by atoms with Crippen LogP contribution >= 0.6 is 11.3 Å². The molecule has 3 aromatic rings. The van der Waals surface area contributed by atoms with Crippen LogP contribution in [0.15, 0.2) is 36.3 Å². The summed E-state index contributed by atoms with van der Waals surface area (Å²) in [6.07, 6.45) is 1.66. The van der Waals surface area contributed by atoms with Crippen LogP contribution in [0.5, 0.6) is 0 Å². The molecule has 6 N–H and O–H groups in total. The quantitative estimate of drug-likeness (QED) is 0.337. The molecular formula is C22H27N5O5S. The lowest BCUT2D eigenvalue weighted by Crippen LogP contribution is -2.44. The lowest BCUT2D eigenvalue weighted by atomic mass is 9.96. The van der Waals surface area contributed by atoms with Gasteiger partial charge in [0.05, 0.1) is 16.9 Å². The molecule has 11 heteroatoms. The molecule has 0 radical (unpaired) electrons. The first-order chi connectivity index (χ1) is 15.6. The molecule has 4 rings (SSSR count). The first-order valence-corrected chi connectivity index (χ1v) is 11.3. The highest BCUT2D eigenvalue weighted by atomic mass is 32.1. The normalized spacial score (nSPS) is 24.8. The SMILES string of the molecule is CC(C)=CCNC(=O)c1ccc(-c2cn([C@@H]3OC(CO)C(O)[C@@]3(C)O)c3ncnc(N)c23)s1. The monoisotopic (exact) mass is 473 g/mol. The number of thiophene rings is 1. The molecule has 33 heavy (non-hydrogen) atoms. The molecule has 0 aliphatic carbocycles. The summed E-state index contributed by atoms with van der Waals surface area (Å²) in [6, 6.07) is 3.54. The van der Waals surface area contributed by atoms with E-state index in [1.54, 1.807) is 16.8 Å². The number of nitrogen functional groups attached to an aromatic ring is 1. The molecule has 1 fully saturated rings. The number of nitrogens with two attached hydrogens (primary N) is 1. The Morgan fingerprint density at radius 3 is 2.82 bits per heavy atom. The van der Waals surface area contributed by atoms with Crippen LogP contribution in [0.25, 0.3) is 21.5 Å². The number of aromatic nitrogens is 3. The molecule has 10 nitrogen and oxygen atoms in total. The molecular weight excluding hydrogens is 446 g/mol. The molecule has 176 valence electrons. The van der Waals surface area contributed by atoms with Crippen molar-refractivity contribution in [1.82, 2.24) is 19.9 Å². The average molecular weight is 474 g/mol. The first kappa shape index (κ1) is 23.3. The zero-order valence-corrected chi connectivity index (χ0v) is 19.3. The number of carbonyl (C=O) groups is 1. The third-order valence-electron chi connectivity index (χ3n) is 5.69. The van der Waals surface area contributed by atoms with Gasteiger partial charge in [-0.2, -0.15) is 0 Å². The molecule has 0 saturated carbocycles. The zero-order chi connectivity index (χ0) is 23.9. The van der Waals surface area contributed by atoms with Crippen molar-refractivity contribution < 1.29 is 24.9 Å². The molecule has 4 heterocycles. The van der Waals surface area contributed by atoms with Crippen LogP contribution in [0.3, 0.4) is 0 Å². The van der Waals surface area contributed by atoms with Crippen molar-refractivity contribution in [1.29, 1.82) is 0 Å². The Morgan fingerprint density at radius 2 is 2.15 bits per heavy atom. The highest BCUT2D eigenvalue weighted by Crippen LogP contribution is 2.43. The number of hydrogen-bond donors (Lipinski definition) is 5. The van der Waals surface area contributed by atoms with E-state index in [4.69, 9.17) is 10.5 Å². The molecule has 2 unspecified atom stereocenters. The van der Waals surface area contributed by atoms with Crippen molar-refractivity contribution in [3.63, 3.8) is 0 Å². The summed E-state index contributed by atoms with van der Waals surface area (Å²) in [5.74, 6) is 0.0429. The summed E-state index contributed by atoms with van der Waals surface area (Å²) in [4.78, 5) is 22.2. The van der Waals surface area contributed by atoms with E-state index < -0.39 is 30.6 Å². The molecule has 0 aromatic carbocycles. The molecule has 1 amide bonds. The largest absolute Gasteiger partial charge is 0.394 e. The second-order valence-corrected chi connectivity index (χ2v) is 9.53. The summed E-state index contributed by atoms with van der Waals surface area (Å²) in [6.45, 7) is 5.36. The number of hydrogen-bond acceptors (Lipinski definition) is 9. The molecule has 1 saturated heterocycles. The number of nitrogens with one attached hydrogen (secondary N) is 1. The Kier molecular flexibility index (Phi) is 6.25. The molecule has 3 aromatic heterocycles. The van der Waals surface area contributed by atoms with Gasteiger partial charge in [-0.25, -0.2) is 9.97 Å². The fraction of sp³-hybridized carbons (Fsp3) is 0.409. The lowest BCUT2D eigenvalue weighted by molar-refractivity contribution is -0.0948. The van der Waals surface area contributed by atoms with E-state index in [9.17, 15) is 20.1 Å². The Labute approximate surface area is 194 Å². The molecule has 4 atom stereocenters. The Balaban J connectivity index is 1.75. The minimum absolute atomic E-state index is 0.187. The summed E-state index contributed by atoms with van der Waals surface area (Å²) in [7, 11) is 0. The van der Waals surface area contributed by atoms with E-state index in [1.807, 2.05) is 26.0 Å². The Hall–Kier alpha value is -2.83. The molecule has 0 spiro atoms. The summed E-state index contributed by atoms with van der Waals surface area (Å²) in [5.41, 5.74) is 6.66. The van der Waals surface area contributed by atoms with Gasteiger partial charge >= 0.3 is 0 Å². The predicted octanol–water partition coefficient (Wildman–Crippen LogP) is 1.44. The van der Waals surface area contributed by atoms with Crippen molar-refractivity contribution in [3.05, 3.63) is 41.2 Å². The van der Waals surface area contributed by atoms with E-state index in [0.29, 0.717) is 28.0 Å². The van der Waals surface area contributed by atoms with Crippen LogP contribution in [0.1, 0.15) is 36.7 Å². The van der Waals surface area contributed by atoms with Crippen molar-refractivity contribution in [3.8, 4) is 10.4 Å². The first-order valence-electron chi connectivity index (χ1n) is 10.4. The molecule has 0 bridgehead atoms. The van der Waals surface area contributed by atoms with E-state index in [1.165, 1.54) is 24.6 Å². The number of ether oxygens (including phenoxy) is 1. The molecule has 1 aliphatic rings. The van der Waals surface area contributed by atoms with Crippen molar-refractivity contribution in [2.75, 3.05) is 18.9 Å². The number of carbonyl (C=O) groups excluding carboxylic acids is 1. The summed E-state index contributed by atoms with van der Waals surface area (Å²) < 4.78 is 7.35. The second-order valence-electron chi connectivity index (χ2n) is 8.44. The maximum Gasteiger partial charge on any atom is 0.261 e. The second kappa shape index (κ2) is 8.84. The van der Waals surface area contributed by atoms with Gasteiger partial charge in [0.25, 0.3) is 5.91 Å². The van der Waals surface area contributed by atoms with E-state index >= 15 is 0 Å². The highest BCUT2D eigenvalue weighted by Gasteiger charge is 2.53. The fourth-order valence-corrected chi connectivity index (χ4v) is 4.84. The standard InChI is InChI=1S/C22H27N5O5S/c1-11(2)6-7-24-20(30)15-5-4-14(33-15)12-8-27(19-16(12)18(23)25-10-26-19)21-22(3,31)17(29)13(9-28)32-21/h4-6,8,10,13,17,21,28-29,31H,7,9H2,1-3H3,(H,24,30)(H2,23,25,26)/t13?,17?,21-,22-/m1/s1. The number of rotatable bonds is 6. The maximum atomic E-state index is 12.5. The van der Waals surface area contributed by atoms with Gasteiger partial charge in [0.1, 0.15) is 35.6 Å². The lowest BCUT2D eigenvalue weighted by Gasteiger charge is -2.27. The van der Waals surface area contributed by atoms with Crippen molar-refractivity contribution in [2.24, 2.45) is 0 Å². The van der Waals surface area contributed by atoms with Crippen LogP contribution in [0.2, 0.25) is 0 Å². The number of amides is 1. The van der Waals surface area contributed by atoms with Gasteiger partial charge in [0.2, 0.25) is 0 Å². The smallest absolute Gasteiger partial charge is 0.261 e. The van der Waals surface area contributed by atoms with E-state index in [-0.39, 0.29) is 11.7 Å². The maximum absolute atomic E-state index is 12.5. The average Bonchev–Trinajstić information content (AvgIpc) is 3.44. The Bertz CT molecular complexity index is 1210. The highest BCUT2D eigenvalue weighted by molar-refractivity contribution is 7.17. The zero-order valence-electron chi connectivity index (χ0n) is 18.5. The minimum atomic E-state index is -1.69. The Morgan fingerprint density at radius 1 is 1.39 bits per heavy atom. The van der Waals surface area contributed by atoms with Gasteiger partial charge in [-0.15, -0.1) is 11.3 Å². The van der Waals surface area contributed by atoms with Crippen LogP contribution in [0, 0.1) is 0 Å². The van der Waals surface area contributed by atoms with Crippen molar-refractivity contribution >= 4 is 34.1 Å². The number of aliphatic hydroxyl groups is 3. The van der Waals surface area contributed by atoms with Crippen LogP contribution in [0.4, 0.5) is 5.82 Å². The van der Waals surface area contributed by atoms with Gasteiger partial charge in [0, 0.05) is 23.2 Å². The summed E-state index contributed by atoms with van der Waals surface area (Å²) >= 11 is 1.29. The topological polar surface area (TPSA) is 156 Å². The fourth-order valence-electron chi connectivity index (χ4n) is 3.90. The van der Waals surface area contributed by atoms with Gasteiger partial charge in [0.15, 0.2) is 6.23 Å². The van der Waals surface area contributed by atoms with E-state index in [0.717, 1.165) is 10.5 Å². The number of allylic oxidation sites excluding steroid dienone is 1. The predicted molar refractivity (Wildman–Crippen MR) is 125 cm³/mol. The van der Waals surface area contributed by atoms with Crippen molar-refractivity contribution in [2.45, 2.75) is 44.8 Å². The third kappa shape index (κ3) is 4.13. The van der Waals surface area contributed by atoms with Crippen LogP contribution in [-0.2, 0) is 4.74 Å². The van der Waals surface area contributed by atoms with E-state index in [2.05, 4.69) is 15.3 Å².